The average molecular weight is 276 g/mol. The number of anilines is 1. The molecule has 1 aromatic rings. The molecule has 4 nitrogen and oxygen atoms in total. The van der Waals surface area contributed by atoms with E-state index in [-0.39, 0.29) is 11.5 Å². The summed E-state index contributed by atoms with van der Waals surface area (Å²) < 4.78 is 5.51. The van der Waals surface area contributed by atoms with Crippen molar-refractivity contribution < 1.29 is 9.53 Å². The van der Waals surface area contributed by atoms with Crippen LogP contribution in [0.4, 0.5) is 5.69 Å². The molecular formula is C16H24N2O2. The van der Waals surface area contributed by atoms with Crippen molar-refractivity contribution in [3.05, 3.63) is 29.3 Å². The Kier molecular flexibility index (Phi) is 4.65. The van der Waals surface area contributed by atoms with E-state index in [0.29, 0.717) is 12.1 Å². The monoisotopic (exact) mass is 276 g/mol. The van der Waals surface area contributed by atoms with E-state index < -0.39 is 0 Å². The molecule has 0 unspecified atom stereocenters. The van der Waals surface area contributed by atoms with Crippen molar-refractivity contribution in [3.8, 4) is 0 Å². The maximum Gasteiger partial charge on any atom is 0.251 e. The molecule has 1 saturated carbocycles. The maximum atomic E-state index is 12.2. The molecule has 0 aliphatic heterocycles. The highest BCUT2D eigenvalue weighted by Crippen LogP contribution is 2.34. The molecule has 0 saturated heterocycles. The highest BCUT2D eigenvalue weighted by atomic mass is 16.5. The fourth-order valence-corrected chi connectivity index (χ4v) is 2.56. The maximum absolute atomic E-state index is 12.2. The van der Waals surface area contributed by atoms with Gasteiger partial charge in [-0.25, -0.2) is 0 Å². The summed E-state index contributed by atoms with van der Waals surface area (Å²) in [7, 11) is 1.72. The second-order valence-corrected chi connectivity index (χ2v) is 5.48. The number of aryl methyl sites for hydroxylation is 1. The van der Waals surface area contributed by atoms with E-state index in [9.17, 15) is 4.79 Å². The molecule has 0 heterocycles. The van der Waals surface area contributed by atoms with Crippen LogP contribution in [-0.2, 0) is 4.74 Å². The van der Waals surface area contributed by atoms with Crippen LogP contribution in [0.2, 0.25) is 0 Å². The van der Waals surface area contributed by atoms with E-state index in [1.807, 2.05) is 25.1 Å². The fraction of sp³-hybridized carbons (Fsp3) is 0.562. The molecule has 0 atom stereocenters. The van der Waals surface area contributed by atoms with Crippen LogP contribution in [0.3, 0.4) is 0 Å². The molecule has 0 aromatic heterocycles. The van der Waals surface area contributed by atoms with Crippen molar-refractivity contribution in [1.82, 2.24) is 5.32 Å². The zero-order valence-electron chi connectivity index (χ0n) is 12.6. The Bertz CT molecular complexity index is 476. The lowest BCUT2D eigenvalue weighted by Gasteiger charge is -2.40. The van der Waals surface area contributed by atoms with Gasteiger partial charge in [0, 0.05) is 31.5 Å². The molecule has 0 radical (unpaired) electrons. The summed E-state index contributed by atoms with van der Waals surface area (Å²) in [4.78, 5) is 12.2. The van der Waals surface area contributed by atoms with Crippen LogP contribution in [0.5, 0.6) is 0 Å². The number of nitrogens with one attached hydrogen (secondary N) is 2. The van der Waals surface area contributed by atoms with Gasteiger partial charge >= 0.3 is 0 Å². The summed E-state index contributed by atoms with van der Waals surface area (Å²) in [6.07, 6.45) is 3.24. The molecule has 1 aliphatic carbocycles. The Labute approximate surface area is 120 Å². The summed E-state index contributed by atoms with van der Waals surface area (Å²) in [6.45, 7) is 5.54. The largest absolute Gasteiger partial charge is 0.385 e. The fourth-order valence-electron chi connectivity index (χ4n) is 2.56. The number of ether oxygens (including phenoxy) is 1. The smallest absolute Gasteiger partial charge is 0.251 e. The quantitative estimate of drug-likeness (QED) is 0.840. The molecule has 20 heavy (non-hydrogen) atoms. The average Bonchev–Trinajstić information content (AvgIpc) is 2.40. The van der Waals surface area contributed by atoms with Crippen LogP contribution in [0, 0.1) is 6.92 Å². The summed E-state index contributed by atoms with van der Waals surface area (Å²) >= 11 is 0. The van der Waals surface area contributed by atoms with Gasteiger partial charge in [0.25, 0.3) is 5.91 Å². The third-order valence-electron chi connectivity index (χ3n) is 4.12. The highest BCUT2D eigenvalue weighted by Gasteiger charge is 2.37. The molecular weight excluding hydrogens is 252 g/mol. The van der Waals surface area contributed by atoms with Crippen molar-refractivity contribution >= 4 is 11.6 Å². The molecule has 2 N–H and O–H groups in total. The van der Waals surface area contributed by atoms with Crippen LogP contribution < -0.4 is 10.6 Å². The van der Waals surface area contributed by atoms with Gasteiger partial charge in [-0.3, -0.25) is 4.79 Å². The molecule has 110 valence electrons. The Balaban J connectivity index is 1.97. The predicted octanol–water partition coefficient (Wildman–Crippen LogP) is 2.73. The summed E-state index contributed by atoms with van der Waals surface area (Å²) in [5, 5.41) is 6.26. The van der Waals surface area contributed by atoms with Crippen LogP contribution in [-0.4, -0.2) is 31.7 Å². The molecule has 1 fully saturated rings. The zero-order valence-corrected chi connectivity index (χ0v) is 12.6. The Hall–Kier alpha value is -1.55. The van der Waals surface area contributed by atoms with Crippen LogP contribution >= 0.6 is 0 Å². The van der Waals surface area contributed by atoms with Gasteiger partial charge < -0.3 is 15.4 Å². The second kappa shape index (κ2) is 6.27. The van der Waals surface area contributed by atoms with E-state index in [1.165, 1.54) is 6.42 Å². The van der Waals surface area contributed by atoms with Gasteiger partial charge in [0.2, 0.25) is 0 Å². The Morgan fingerprint density at radius 1 is 1.40 bits per heavy atom. The standard InChI is InChI=1S/C16H24N2O2/c1-4-17-14-7-6-13(10-12(14)2)15(19)18-11-16(20-3)8-5-9-16/h6-7,10,17H,4-5,8-9,11H2,1-3H3,(H,18,19). The van der Waals surface area contributed by atoms with E-state index in [4.69, 9.17) is 4.74 Å². The number of hydrogen-bond donors (Lipinski definition) is 2. The number of hydrogen-bond acceptors (Lipinski definition) is 3. The lowest BCUT2D eigenvalue weighted by Crippen LogP contribution is -2.49. The Morgan fingerprint density at radius 3 is 2.65 bits per heavy atom. The first kappa shape index (κ1) is 14.9. The molecule has 4 heteroatoms. The minimum absolute atomic E-state index is 0.0283. The molecule has 1 aliphatic rings. The lowest BCUT2D eigenvalue weighted by molar-refractivity contribution is -0.0679. The van der Waals surface area contributed by atoms with Gasteiger partial charge in [0.1, 0.15) is 0 Å². The number of carbonyl (C=O) groups is 1. The van der Waals surface area contributed by atoms with Crippen molar-refractivity contribution in [2.24, 2.45) is 0 Å². The number of carbonyl (C=O) groups excluding carboxylic acids is 1. The number of benzene rings is 1. The normalized spacial score (nSPS) is 16.4. The third kappa shape index (κ3) is 3.12. The number of rotatable bonds is 6. The van der Waals surface area contributed by atoms with Crippen molar-refractivity contribution in [2.75, 3.05) is 25.5 Å². The van der Waals surface area contributed by atoms with Gasteiger partial charge in [-0.2, -0.15) is 0 Å². The van der Waals surface area contributed by atoms with E-state index >= 15 is 0 Å². The predicted molar refractivity (Wildman–Crippen MR) is 81.3 cm³/mol. The number of amides is 1. The summed E-state index contributed by atoms with van der Waals surface area (Å²) in [5.41, 5.74) is 2.74. The summed E-state index contributed by atoms with van der Waals surface area (Å²) in [5.74, 6) is -0.0283. The first-order valence-corrected chi connectivity index (χ1v) is 7.28. The van der Waals surface area contributed by atoms with Gasteiger partial charge in [0.05, 0.1) is 5.60 Å². The minimum atomic E-state index is -0.131. The molecule has 1 amide bonds. The van der Waals surface area contributed by atoms with Crippen molar-refractivity contribution in [3.63, 3.8) is 0 Å². The number of methoxy groups -OCH3 is 1. The first-order valence-electron chi connectivity index (χ1n) is 7.28. The molecule has 2 rings (SSSR count). The van der Waals surface area contributed by atoms with Crippen molar-refractivity contribution in [1.29, 1.82) is 0 Å². The molecule has 1 aromatic carbocycles. The van der Waals surface area contributed by atoms with Gasteiger partial charge in [-0.15, -0.1) is 0 Å². The van der Waals surface area contributed by atoms with E-state index in [1.54, 1.807) is 7.11 Å². The molecule has 0 bridgehead atoms. The van der Waals surface area contributed by atoms with Crippen molar-refractivity contribution in [2.45, 2.75) is 38.7 Å². The van der Waals surface area contributed by atoms with Crippen LogP contribution in [0.15, 0.2) is 18.2 Å². The minimum Gasteiger partial charge on any atom is -0.385 e. The third-order valence-corrected chi connectivity index (χ3v) is 4.12. The highest BCUT2D eigenvalue weighted by molar-refractivity contribution is 5.94. The lowest BCUT2D eigenvalue weighted by atomic mass is 9.80. The van der Waals surface area contributed by atoms with Gasteiger partial charge in [-0.1, -0.05) is 0 Å². The van der Waals surface area contributed by atoms with Gasteiger partial charge in [0.15, 0.2) is 0 Å². The first-order chi connectivity index (χ1) is 9.60. The van der Waals surface area contributed by atoms with Crippen LogP contribution in [0.1, 0.15) is 42.1 Å². The van der Waals surface area contributed by atoms with E-state index in [2.05, 4.69) is 17.6 Å². The van der Waals surface area contributed by atoms with Gasteiger partial charge in [-0.05, 0) is 56.9 Å². The molecule has 0 spiro atoms. The zero-order chi connectivity index (χ0) is 14.6. The van der Waals surface area contributed by atoms with E-state index in [0.717, 1.165) is 30.6 Å². The Morgan fingerprint density at radius 2 is 2.15 bits per heavy atom. The SMILES string of the molecule is CCNc1ccc(C(=O)NCC2(OC)CCC2)cc1C. The summed E-state index contributed by atoms with van der Waals surface area (Å²) in [6, 6.07) is 5.75. The second-order valence-electron chi connectivity index (χ2n) is 5.48. The topological polar surface area (TPSA) is 50.4 Å². The van der Waals surface area contributed by atoms with Crippen LogP contribution in [0.25, 0.3) is 0 Å².